The molecular weight excluding hydrogens is 721 g/mol. The summed E-state index contributed by atoms with van der Waals surface area (Å²) in [7, 11) is 1.01. The van der Waals surface area contributed by atoms with Gasteiger partial charge >= 0.3 is 0 Å². The smallest absolute Gasteiger partial charge is 0.265 e. The second kappa shape index (κ2) is 13.7. The molecule has 0 saturated heterocycles. The Morgan fingerprint density at radius 2 is 1.64 bits per heavy atom. The third-order valence-electron chi connectivity index (χ3n) is 12.9. The van der Waals surface area contributed by atoms with Crippen LogP contribution in [0.5, 0.6) is 5.88 Å². The van der Waals surface area contributed by atoms with E-state index >= 15 is 9.59 Å². The van der Waals surface area contributed by atoms with E-state index in [0.29, 0.717) is 24.2 Å². The number of aliphatic hydroxyl groups is 2. The standard InChI is InChI=1S/C46H50N2O7Si/c1-26-34-22-30(29-16-14-27(24-49)15-17-29)18-19-31(34)20-32-21-33-23-35-39(48(5)6)41-38(44(47-54-41)53-25-28-12-10-9-11-13-28)43(52)46(35,55-56(7,8)45(2,3)4)42(51)37(33)40(50)36(26)32/h9-20,22,33,35,39,49,51H,21,23-25H2,1-8H3/t33-,35-,39-,46-/m0/s1. The lowest BCUT2D eigenvalue weighted by molar-refractivity contribution is -0.0480. The minimum Gasteiger partial charge on any atom is -0.508 e. The highest BCUT2D eigenvalue weighted by atomic mass is 28.4. The maximum Gasteiger partial charge on any atom is 0.265 e. The highest BCUT2D eigenvalue weighted by Crippen LogP contribution is 2.59. The fraction of sp³-hybridized carbons (Fsp3) is 0.370. The molecule has 0 aliphatic heterocycles. The number of allylic oxidation sites excluding steroid dienone is 1. The van der Waals surface area contributed by atoms with Crippen molar-refractivity contribution in [1.29, 1.82) is 0 Å². The van der Waals surface area contributed by atoms with Crippen molar-refractivity contribution in [2.45, 2.75) is 83.5 Å². The molecule has 10 heteroatoms. The molecule has 3 aliphatic rings. The fourth-order valence-corrected chi connectivity index (χ4v) is 10.4. The van der Waals surface area contributed by atoms with Gasteiger partial charge in [-0.1, -0.05) is 93.6 Å². The summed E-state index contributed by atoms with van der Waals surface area (Å²) in [6, 6.07) is 25.3. The summed E-state index contributed by atoms with van der Waals surface area (Å²) in [5.41, 5.74) is 4.57. The van der Waals surface area contributed by atoms with Crippen LogP contribution in [0.3, 0.4) is 0 Å². The summed E-state index contributed by atoms with van der Waals surface area (Å²) in [6.45, 7) is 12.5. The van der Waals surface area contributed by atoms with E-state index in [1.807, 2.05) is 80.5 Å². The Labute approximate surface area is 329 Å². The molecule has 290 valence electrons. The van der Waals surface area contributed by atoms with Crippen LogP contribution >= 0.6 is 0 Å². The Morgan fingerprint density at radius 3 is 2.30 bits per heavy atom. The molecule has 56 heavy (non-hydrogen) atoms. The molecule has 0 fully saturated rings. The van der Waals surface area contributed by atoms with Crippen LogP contribution in [0.25, 0.3) is 21.9 Å². The molecule has 0 unspecified atom stereocenters. The zero-order valence-corrected chi connectivity index (χ0v) is 34.4. The summed E-state index contributed by atoms with van der Waals surface area (Å²) in [5, 5.41) is 28.4. The number of ether oxygens (including phenoxy) is 1. The largest absolute Gasteiger partial charge is 0.508 e. The lowest BCUT2D eigenvalue weighted by Crippen LogP contribution is -2.65. The normalized spacial score (nSPS) is 22.2. The van der Waals surface area contributed by atoms with Gasteiger partial charge in [0.25, 0.3) is 5.88 Å². The maximum absolute atomic E-state index is 15.5. The Kier molecular flexibility index (Phi) is 9.27. The van der Waals surface area contributed by atoms with Crippen LogP contribution < -0.4 is 4.74 Å². The first-order valence-corrected chi connectivity index (χ1v) is 22.3. The van der Waals surface area contributed by atoms with Crippen LogP contribution in [0.15, 0.2) is 94.7 Å². The van der Waals surface area contributed by atoms with E-state index in [2.05, 4.69) is 63.3 Å². The third-order valence-corrected chi connectivity index (χ3v) is 17.3. The van der Waals surface area contributed by atoms with Gasteiger partial charge in [0.1, 0.15) is 17.9 Å². The summed E-state index contributed by atoms with van der Waals surface area (Å²) in [4.78, 5) is 32.6. The second-order valence-electron chi connectivity index (χ2n) is 17.5. The lowest BCUT2D eigenvalue weighted by atomic mass is 9.58. The van der Waals surface area contributed by atoms with Crippen LogP contribution in [0, 0.1) is 18.8 Å². The first-order valence-electron chi connectivity index (χ1n) is 19.4. The summed E-state index contributed by atoms with van der Waals surface area (Å²) in [5.74, 6) is -1.58. The molecule has 0 bridgehead atoms. The van der Waals surface area contributed by atoms with Crippen LogP contribution in [-0.4, -0.2) is 59.8 Å². The number of ketones is 2. The zero-order valence-electron chi connectivity index (χ0n) is 33.4. The molecule has 0 amide bonds. The highest BCUT2D eigenvalue weighted by Gasteiger charge is 2.67. The van der Waals surface area contributed by atoms with Crippen LogP contribution in [0.4, 0.5) is 0 Å². The van der Waals surface area contributed by atoms with E-state index in [1.165, 1.54) is 0 Å². The number of nitrogens with zero attached hydrogens (tertiary/aromatic N) is 2. The van der Waals surface area contributed by atoms with Gasteiger partial charge in [0, 0.05) is 17.1 Å². The van der Waals surface area contributed by atoms with Crippen LogP contribution in [-0.2, 0) is 24.1 Å². The number of carbonyl (C=O) groups excluding carboxylic acids is 2. The molecule has 1 aromatic heterocycles. The van der Waals surface area contributed by atoms with Crippen molar-refractivity contribution in [2.24, 2.45) is 11.8 Å². The quantitative estimate of drug-likeness (QED) is 0.149. The molecule has 1 heterocycles. The van der Waals surface area contributed by atoms with Gasteiger partial charge in [-0.2, -0.15) is 0 Å². The molecule has 3 aliphatic carbocycles. The number of hydrogen-bond donors (Lipinski definition) is 2. The van der Waals surface area contributed by atoms with Crippen LogP contribution in [0.1, 0.15) is 82.0 Å². The molecule has 2 N–H and O–H groups in total. The van der Waals surface area contributed by atoms with Gasteiger partial charge in [0.15, 0.2) is 25.5 Å². The van der Waals surface area contributed by atoms with Crippen molar-refractivity contribution < 1.29 is 33.5 Å². The Hall–Kier alpha value is -4.87. The second-order valence-corrected chi connectivity index (χ2v) is 22.2. The van der Waals surface area contributed by atoms with Gasteiger partial charge in [-0.25, -0.2) is 0 Å². The van der Waals surface area contributed by atoms with Crippen molar-refractivity contribution in [3.8, 4) is 17.0 Å². The Balaban J connectivity index is 1.30. The highest BCUT2D eigenvalue weighted by molar-refractivity contribution is 6.74. The minimum atomic E-state index is -2.84. The van der Waals surface area contributed by atoms with Crippen molar-refractivity contribution in [1.82, 2.24) is 10.1 Å². The number of aliphatic hydroxyl groups excluding tert-OH is 2. The van der Waals surface area contributed by atoms with E-state index in [9.17, 15) is 10.2 Å². The van der Waals surface area contributed by atoms with Crippen molar-refractivity contribution in [2.75, 3.05) is 14.1 Å². The predicted octanol–water partition coefficient (Wildman–Crippen LogP) is 9.32. The molecular formula is C46H50N2O7Si. The van der Waals surface area contributed by atoms with Gasteiger partial charge in [-0.15, -0.1) is 0 Å². The lowest BCUT2D eigenvalue weighted by Gasteiger charge is -2.55. The van der Waals surface area contributed by atoms with Crippen molar-refractivity contribution in [3.05, 3.63) is 129 Å². The maximum atomic E-state index is 15.5. The van der Waals surface area contributed by atoms with Gasteiger partial charge in [-0.05, 0) is 113 Å². The average molecular weight is 771 g/mol. The molecule has 0 saturated carbocycles. The van der Waals surface area contributed by atoms with E-state index in [4.69, 9.17) is 13.7 Å². The first-order chi connectivity index (χ1) is 26.6. The third kappa shape index (κ3) is 5.88. The number of rotatable bonds is 8. The van der Waals surface area contributed by atoms with E-state index in [-0.39, 0.29) is 52.7 Å². The average Bonchev–Trinajstić information content (AvgIpc) is 3.58. The van der Waals surface area contributed by atoms with E-state index in [0.717, 1.165) is 44.2 Å². The fourth-order valence-electron chi connectivity index (χ4n) is 8.98. The van der Waals surface area contributed by atoms with Gasteiger partial charge in [0.05, 0.1) is 12.6 Å². The number of Topliss-reactive ketones (excluding diaryl/α,β-unsaturated/α-hetero) is 2. The molecule has 9 nitrogen and oxygen atoms in total. The Morgan fingerprint density at radius 1 is 0.946 bits per heavy atom. The zero-order chi connectivity index (χ0) is 39.9. The van der Waals surface area contributed by atoms with E-state index < -0.39 is 31.7 Å². The number of hydrogen-bond acceptors (Lipinski definition) is 9. The summed E-state index contributed by atoms with van der Waals surface area (Å²) < 4.78 is 19.5. The summed E-state index contributed by atoms with van der Waals surface area (Å²) >= 11 is 0. The SMILES string of the molecule is Cc1c2c(cc3ccc(-c4ccc(CO)cc4)cc13)C[C@H]1C[C@H]3[C@H](N(C)C)c4onc(OCc5ccccc5)c4C(=O)[C@@]3(O[Si](C)(C)C(C)(C)C)C(O)=C1C2=O. The topological polar surface area (TPSA) is 122 Å². The van der Waals surface area contributed by atoms with Gasteiger partial charge < -0.3 is 23.9 Å². The minimum absolute atomic E-state index is 0.0251. The first kappa shape index (κ1) is 38.0. The van der Waals surface area contributed by atoms with Gasteiger partial charge in [0.2, 0.25) is 5.78 Å². The van der Waals surface area contributed by atoms with E-state index in [1.54, 1.807) is 0 Å². The molecule has 5 aromatic rings. The van der Waals surface area contributed by atoms with Crippen LogP contribution in [0.2, 0.25) is 18.1 Å². The molecule has 4 aromatic carbocycles. The molecule has 8 rings (SSSR count). The monoisotopic (exact) mass is 770 g/mol. The number of carbonyl (C=O) groups is 2. The van der Waals surface area contributed by atoms with Crippen molar-refractivity contribution in [3.63, 3.8) is 0 Å². The number of fused-ring (bicyclic) bond motifs is 5. The molecule has 4 atom stereocenters. The number of benzene rings is 4. The predicted molar refractivity (Wildman–Crippen MR) is 218 cm³/mol. The van der Waals surface area contributed by atoms with Gasteiger partial charge in [-0.3, -0.25) is 14.5 Å². The van der Waals surface area contributed by atoms with Crippen molar-refractivity contribution >= 4 is 30.7 Å². The molecule has 0 spiro atoms. The number of aryl methyl sites for hydroxylation is 1. The summed E-state index contributed by atoms with van der Waals surface area (Å²) in [6.07, 6.45) is 0.936. The number of aromatic nitrogens is 1. The Bertz CT molecular complexity index is 2410. The molecule has 0 radical (unpaired) electrons.